The van der Waals surface area contributed by atoms with Crippen molar-refractivity contribution in [3.05, 3.63) is 82.4 Å². The third-order valence-electron chi connectivity index (χ3n) is 3.69. The quantitative estimate of drug-likeness (QED) is 0.750. The normalized spacial score (nSPS) is 10.3. The van der Waals surface area contributed by atoms with Gasteiger partial charge in [0.05, 0.1) is 12.8 Å². The highest BCUT2D eigenvalue weighted by Gasteiger charge is 2.11. The zero-order valence-corrected chi connectivity index (χ0v) is 13.7. The van der Waals surface area contributed by atoms with E-state index in [-0.39, 0.29) is 18.1 Å². The zero-order valence-electron chi connectivity index (χ0n) is 13.7. The molecule has 0 aliphatic carbocycles. The molecule has 0 spiro atoms. The van der Waals surface area contributed by atoms with Crippen LogP contribution in [0.2, 0.25) is 0 Å². The minimum atomic E-state index is -0.566. The molecule has 25 heavy (non-hydrogen) atoms. The molecule has 0 radical (unpaired) electrons. The van der Waals surface area contributed by atoms with E-state index in [0.29, 0.717) is 11.4 Å². The van der Waals surface area contributed by atoms with Gasteiger partial charge in [0.2, 0.25) is 0 Å². The van der Waals surface area contributed by atoms with Crippen molar-refractivity contribution in [1.82, 2.24) is 15.3 Å². The van der Waals surface area contributed by atoms with Crippen LogP contribution in [0.1, 0.15) is 16.1 Å². The maximum Gasteiger partial charge on any atom is 0.346 e. The van der Waals surface area contributed by atoms with Crippen molar-refractivity contribution < 1.29 is 9.53 Å². The maximum atomic E-state index is 12.4. The number of ether oxygens (including phenoxy) is 1. The van der Waals surface area contributed by atoms with Gasteiger partial charge in [-0.3, -0.25) is 4.79 Å². The molecule has 126 valence electrons. The fourth-order valence-corrected chi connectivity index (χ4v) is 2.46. The van der Waals surface area contributed by atoms with Crippen LogP contribution in [0.15, 0.2) is 65.5 Å². The number of nitrogens with zero attached hydrogens (tertiary/aromatic N) is 1. The van der Waals surface area contributed by atoms with Crippen molar-refractivity contribution in [2.75, 3.05) is 7.11 Å². The summed E-state index contributed by atoms with van der Waals surface area (Å²) < 4.78 is 5.26. The molecule has 0 bridgehead atoms. The van der Waals surface area contributed by atoms with Crippen molar-refractivity contribution >= 4 is 5.91 Å². The van der Waals surface area contributed by atoms with Crippen LogP contribution in [-0.2, 0) is 6.54 Å². The summed E-state index contributed by atoms with van der Waals surface area (Å²) in [5.74, 6) is 0.304. The number of methoxy groups -OCH3 is 1. The molecule has 6 heteroatoms. The average molecular weight is 335 g/mol. The standard InChI is InChI=1S/C19H17N3O3/c1-25-17-10-6-5-9-14(17)12-20-18(23)16-11-15(21-19(24)22-16)13-7-3-2-4-8-13/h2-11H,12H2,1H3,(H,20,23)(H,21,22,24). The SMILES string of the molecule is COc1ccccc1CNC(=O)c1cc(-c2ccccc2)nc(=O)[nH]1. The van der Waals surface area contributed by atoms with Gasteiger partial charge in [0, 0.05) is 17.7 Å². The van der Waals surface area contributed by atoms with Gasteiger partial charge >= 0.3 is 5.69 Å². The van der Waals surface area contributed by atoms with E-state index in [4.69, 9.17) is 4.74 Å². The Morgan fingerprint density at radius 3 is 2.60 bits per heavy atom. The molecule has 1 heterocycles. The molecular weight excluding hydrogens is 318 g/mol. The predicted molar refractivity (Wildman–Crippen MR) is 94.5 cm³/mol. The first kappa shape index (κ1) is 16.4. The van der Waals surface area contributed by atoms with E-state index in [0.717, 1.165) is 11.1 Å². The van der Waals surface area contributed by atoms with Crippen LogP contribution >= 0.6 is 0 Å². The van der Waals surface area contributed by atoms with Crippen LogP contribution in [0.25, 0.3) is 11.3 Å². The lowest BCUT2D eigenvalue weighted by Crippen LogP contribution is -2.27. The zero-order chi connectivity index (χ0) is 17.6. The molecule has 0 atom stereocenters. The Bertz CT molecular complexity index is 936. The van der Waals surface area contributed by atoms with Gasteiger partial charge in [-0.25, -0.2) is 4.79 Å². The minimum Gasteiger partial charge on any atom is -0.496 e. The number of carbonyl (C=O) groups is 1. The molecule has 0 fully saturated rings. The fourth-order valence-electron chi connectivity index (χ4n) is 2.46. The molecule has 0 aliphatic rings. The second-order valence-corrected chi connectivity index (χ2v) is 5.35. The third-order valence-corrected chi connectivity index (χ3v) is 3.69. The lowest BCUT2D eigenvalue weighted by molar-refractivity contribution is 0.0945. The van der Waals surface area contributed by atoms with E-state index in [2.05, 4.69) is 15.3 Å². The van der Waals surface area contributed by atoms with Gasteiger partial charge in [0.15, 0.2) is 0 Å². The lowest BCUT2D eigenvalue weighted by atomic mass is 10.1. The minimum absolute atomic E-state index is 0.161. The summed E-state index contributed by atoms with van der Waals surface area (Å²) in [4.78, 5) is 30.6. The van der Waals surface area contributed by atoms with Gasteiger partial charge in [-0.05, 0) is 12.1 Å². The molecule has 0 aliphatic heterocycles. The topological polar surface area (TPSA) is 84.1 Å². The molecule has 1 aromatic heterocycles. The Labute approximate surface area is 144 Å². The van der Waals surface area contributed by atoms with Gasteiger partial charge in [-0.15, -0.1) is 0 Å². The summed E-state index contributed by atoms with van der Waals surface area (Å²) in [6, 6.07) is 18.2. The number of benzene rings is 2. The van der Waals surface area contributed by atoms with Crippen LogP contribution in [-0.4, -0.2) is 23.0 Å². The largest absolute Gasteiger partial charge is 0.496 e. The number of carbonyl (C=O) groups excluding carboxylic acids is 1. The number of nitrogens with one attached hydrogen (secondary N) is 2. The Hall–Kier alpha value is -3.41. The molecule has 2 N–H and O–H groups in total. The number of amides is 1. The Morgan fingerprint density at radius 1 is 1.12 bits per heavy atom. The molecule has 0 unspecified atom stereocenters. The number of H-pyrrole nitrogens is 1. The molecule has 6 nitrogen and oxygen atoms in total. The highest BCUT2D eigenvalue weighted by molar-refractivity contribution is 5.93. The van der Waals surface area contributed by atoms with Crippen molar-refractivity contribution in [3.8, 4) is 17.0 Å². The summed E-state index contributed by atoms with van der Waals surface area (Å²) in [6.07, 6.45) is 0. The molecule has 3 aromatic rings. The molecule has 3 rings (SSSR count). The van der Waals surface area contributed by atoms with E-state index in [1.54, 1.807) is 13.2 Å². The second-order valence-electron chi connectivity index (χ2n) is 5.35. The summed E-state index contributed by atoms with van der Waals surface area (Å²) >= 11 is 0. The second kappa shape index (κ2) is 7.44. The van der Waals surface area contributed by atoms with Crippen molar-refractivity contribution in [1.29, 1.82) is 0 Å². The highest BCUT2D eigenvalue weighted by atomic mass is 16.5. The first-order chi connectivity index (χ1) is 12.2. The summed E-state index contributed by atoms with van der Waals surface area (Å²) in [5, 5.41) is 2.78. The van der Waals surface area contributed by atoms with E-state index in [9.17, 15) is 9.59 Å². The first-order valence-corrected chi connectivity index (χ1v) is 7.74. The molecule has 2 aromatic carbocycles. The van der Waals surface area contributed by atoms with Gasteiger partial charge < -0.3 is 15.0 Å². The van der Waals surface area contributed by atoms with Gasteiger partial charge in [0.1, 0.15) is 11.4 Å². The van der Waals surface area contributed by atoms with Crippen LogP contribution in [0.5, 0.6) is 5.75 Å². The maximum absolute atomic E-state index is 12.4. The number of para-hydroxylation sites is 1. The number of hydrogen-bond acceptors (Lipinski definition) is 4. The van der Waals surface area contributed by atoms with E-state index in [1.165, 1.54) is 0 Å². The van der Waals surface area contributed by atoms with Crippen LogP contribution in [0, 0.1) is 0 Å². The predicted octanol–water partition coefficient (Wildman–Crippen LogP) is 2.38. The summed E-state index contributed by atoms with van der Waals surface area (Å²) in [7, 11) is 1.58. The van der Waals surface area contributed by atoms with Gasteiger partial charge in [-0.2, -0.15) is 4.98 Å². The fraction of sp³-hybridized carbons (Fsp3) is 0.105. The Balaban J connectivity index is 1.81. The number of aromatic nitrogens is 2. The third kappa shape index (κ3) is 3.92. The van der Waals surface area contributed by atoms with Gasteiger partial charge in [-0.1, -0.05) is 48.5 Å². The monoisotopic (exact) mass is 335 g/mol. The Morgan fingerprint density at radius 2 is 1.84 bits per heavy atom. The summed E-state index contributed by atoms with van der Waals surface area (Å²) in [5.41, 5.74) is 1.66. The van der Waals surface area contributed by atoms with Crippen molar-refractivity contribution in [3.63, 3.8) is 0 Å². The lowest BCUT2D eigenvalue weighted by Gasteiger charge is -2.10. The number of rotatable bonds is 5. The number of aromatic amines is 1. The van der Waals surface area contributed by atoms with Crippen LogP contribution in [0.3, 0.4) is 0 Å². The molecule has 0 saturated carbocycles. The molecular formula is C19H17N3O3. The van der Waals surface area contributed by atoms with E-state index < -0.39 is 5.69 Å². The van der Waals surface area contributed by atoms with E-state index in [1.807, 2.05) is 54.6 Å². The van der Waals surface area contributed by atoms with Crippen molar-refractivity contribution in [2.45, 2.75) is 6.54 Å². The van der Waals surface area contributed by atoms with Crippen LogP contribution < -0.4 is 15.7 Å². The smallest absolute Gasteiger partial charge is 0.346 e. The first-order valence-electron chi connectivity index (χ1n) is 7.74. The Kier molecular flexibility index (Phi) is 4.89. The molecule has 0 saturated heterocycles. The number of hydrogen-bond donors (Lipinski definition) is 2. The highest BCUT2D eigenvalue weighted by Crippen LogP contribution is 2.17. The van der Waals surface area contributed by atoms with Crippen LogP contribution in [0.4, 0.5) is 0 Å². The summed E-state index contributed by atoms with van der Waals surface area (Å²) in [6.45, 7) is 0.286. The molecule has 1 amide bonds. The van der Waals surface area contributed by atoms with Gasteiger partial charge in [0.25, 0.3) is 5.91 Å². The van der Waals surface area contributed by atoms with E-state index >= 15 is 0 Å². The average Bonchev–Trinajstić information content (AvgIpc) is 2.66. The van der Waals surface area contributed by atoms with Crippen molar-refractivity contribution in [2.24, 2.45) is 0 Å².